The zero-order valence-electron chi connectivity index (χ0n) is 38.3. The van der Waals surface area contributed by atoms with Gasteiger partial charge in [0, 0.05) is 71.1 Å². The van der Waals surface area contributed by atoms with Crippen LogP contribution in [-0.2, 0) is 31.6 Å². The van der Waals surface area contributed by atoms with Gasteiger partial charge in [-0.05, 0) is 71.3 Å². The molecule has 12 nitrogen and oxygen atoms in total. The summed E-state index contributed by atoms with van der Waals surface area (Å²) in [5.74, 6) is -7.83. The minimum Gasteiger partial charge on any atom is -0.457 e. The molecule has 6 aromatic carbocycles. The average molecular weight is 965 g/mol. The van der Waals surface area contributed by atoms with Crippen LogP contribution in [0.3, 0.4) is 0 Å². The summed E-state index contributed by atoms with van der Waals surface area (Å²) in [4.78, 5) is 38.2. The van der Waals surface area contributed by atoms with Crippen molar-refractivity contribution in [1.82, 2.24) is 9.13 Å². The van der Waals surface area contributed by atoms with Gasteiger partial charge in [0.25, 0.3) is 11.4 Å². The standard InChI is InChI=1S/C52H42F6N4O8/c1-51(2,26-68-5)48-44(46-40(19-31(53)21-42(46)61(64)65)59(48)33-14-16-36(55)38(57)23-33)29-12-13-30(25-70-50(63)28-10-8-7-9-11-28)35(18-29)45-47-41(20-32(54)22-43(47)62(66)67)60(49(45)52(3,4)27-69-6)34-15-17-37(56)39(58)24-34/h7-24H,25-27H2,1-6H3. The summed E-state index contributed by atoms with van der Waals surface area (Å²) in [5, 5.41) is 25.9. The van der Waals surface area contributed by atoms with Crippen LogP contribution in [0, 0.1) is 55.1 Å². The Bertz CT molecular complexity index is 3420. The molecule has 0 radical (unpaired) electrons. The van der Waals surface area contributed by atoms with E-state index in [0.717, 1.165) is 36.4 Å². The van der Waals surface area contributed by atoms with Gasteiger partial charge in [-0.3, -0.25) is 20.2 Å². The van der Waals surface area contributed by atoms with Crippen LogP contribution in [0.5, 0.6) is 0 Å². The molecule has 0 saturated heterocycles. The molecule has 2 heterocycles. The van der Waals surface area contributed by atoms with Gasteiger partial charge in [-0.15, -0.1) is 0 Å². The van der Waals surface area contributed by atoms with E-state index in [1.54, 1.807) is 45.9 Å². The highest BCUT2D eigenvalue weighted by Gasteiger charge is 2.39. The lowest BCUT2D eigenvalue weighted by atomic mass is 9.81. The van der Waals surface area contributed by atoms with Crippen molar-refractivity contribution >= 4 is 39.1 Å². The lowest BCUT2D eigenvalue weighted by Gasteiger charge is -2.29. The molecule has 0 aliphatic carbocycles. The second kappa shape index (κ2) is 18.6. The third kappa shape index (κ3) is 8.64. The van der Waals surface area contributed by atoms with E-state index < -0.39 is 79.5 Å². The van der Waals surface area contributed by atoms with E-state index in [9.17, 15) is 33.8 Å². The van der Waals surface area contributed by atoms with Crippen molar-refractivity contribution in [3.63, 3.8) is 0 Å². The van der Waals surface area contributed by atoms with E-state index in [1.807, 2.05) is 0 Å². The number of carbonyl (C=O) groups excluding carboxylic acids is 1. The molecule has 0 aliphatic heterocycles. The van der Waals surface area contributed by atoms with Crippen LogP contribution < -0.4 is 0 Å². The van der Waals surface area contributed by atoms with Crippen LogP contribution in [0.4, 0.5) is 37.7 Å². The summed E-state index contributed by atoms with van der Waals surface area (Å²) in [5.41, 5.74) is -3.31. The molecule has 0 bridgehead atoms. The van der Waals surface area contributed by atoms with Crippen LogP contribution in [0.2, 0.25) is 0 Å². The molecule has 0 atom stereocenters. The van der Waals surface area contributed by atoms with Gasteiger partial charge < -0.3 is 23.3 Å². The van der Waals surface area contributed by atoms with E-state index in [2.05, 4.69) is 0 Å². The second-order valence-electron chi connectivity index (χ2n) is 17.9. The number of nitro benzene ring substituents is 2. The number of halogens is 6. The van der Waals surface area contributed by atoms with Crippen LogP contribution in [0.25, 0.3) is 55.4 Å². The maximum absolute atomic E-state index is 15.8. The molecule has 70 heavy (non-hydrogen) atoms. The molecule has 8 rings (SSSR count). The van der Waals surface area contributed by atoms with Crippen molar-refractivity contribution in [2.45, 2.75) is 45.1 Å². The lowest BCUT2D eigenvalue weighted by molar-refractivity contribution is -0.383. The summed E-state index contributed by atoms with van der Waals surface area (Å²) in [6.45, 7) is 6.10. The number of rotatable bonds is 15. The molecule has 18 heteroatoms. The maximum Gasteiger partial charge on any atom is 0.338 e. The first kappa shape index (κ1) is 48.6. The van der Waals surface area contributed by atoms with Gasteiger partial charge in [0.1, 0.15) is 18.2 Å². The molecular weight excluding hydrogens is 923 g/mol. The number of benzene rings is 6. The number of methoxy groups -OCH3 is 2. The molecule has 0 amide bonds. The molecule has 0 saturated carbocycles. The van der Waals surface area contributed by atoms with Crippen molar-refractivity contribution < 1.29 is 55.2 Å². The largest absolute Gasteiger partial charge is 0.457 e. The predicted octanol–water partition coefficient (Wildman–Crippen LogP) is 12.8. The van der Waals surface area contributed by atoms with E-state index in [1.165, 1.54) is 65.8 Å². The minimum absolute atomic E-state index is 0.0173. The number of esters is 1. The first-order valence-corrected chi connectivity index (χ1v) is 21.5. The summed E-state index contributed by atoms with van der Waals surface area (Å²) in [6, 6.07) is 21.8. The maximum atomic E-state index is 15.8. The SMILES string of the molecule is COCC(C)(C)c1c(-c2ccc(COC(=O)c3ccccc3)c(-c3c(C(C)(C)COC)n(-c4ccc(F)c(F)c4)c4cc(F)cc([N+](=O)[O-])c34)c2)c2c([N+](=O)[O-])cc(F)cc2n1-c1ccc(F)c(F)c1. The Morgan fingerprint density at radius 3 is 1.51 bits per heavy atom. The number of aromatic nitrogens is 2. The summed E-state index contributed by atoms with van der Waals surface area (Å²) < 4.78 is 111. The molecule has 0 unspecified atom stereocenters. The van der Waals surface area contributed by atoms with Gasteiger partial charge in [0.05, 0.1) is 62.6 Å². The van der Waals surface area contributed by atoms with Crippen LogP contribution in [-0.4, -0.2) is 52.4 Å². The topological polar surface area (TPSA) is 141 Å². The first-order chi connectivity index (χ1) is 33.2. The summed E-state index contributed by atoms with van der Waals surface area (Å²) in [7, 11) is 2.80. The zero-order chi connectivity index (χ0) is 50.6. The average Bonchev–Trinajstić information content (AvgIpc) is 3.84. The number of ether oxygens (including phenoxy) is 3. The van der Waals surface area contributed by atoms with Gasteiger partial charge in [-0.25, -0.2) is 31.1 Å². The quantitative estimate of drug-likeness (QED) is 0.0428. The van der Waals surface area contributed by atoms with Gasteiger partial charge in [0.2, 0.25) is 0 Å². The molecule has 0 N–H and O–H groups in total. The van der Waals surface area contributed by atoms with Gasteiger partial charge in [-0.2, -0.15) is 0 Å². The highest BCUT2D eigenvalue weighted by atomic mass is 19.2. The van der Waals surface area contributed by atoms with Gasteiger partial charge in [0.15, 0.2) is 23.3 Å². The van der Waals surface area contributed by atoms with Gasteiger partial charge in [-0.1, -0.05) is 58.0 Å². The first-order valence-electron chi connectivity index (χ1n) is 21.5. The minimum atomic E-state index is -1.29. The Labute approximate surface area is 395 Å². The molecule has 2 aromatic heterocycles. The number of fused-ring (bicyclic) bond motifs is 2. The molecular formula is C52H42F6N4O8. The highest BCUT2D eigenvalue weighted by molar-refractivity contribution is 6.09. The number of hydrogen-bond donors (Lipinski definition) is 0. The smallest absolute Gasteiger partial charge is 0.338 e. The van der Waals surface area contributed by atoms with E-state index in [0.29, 0.717) is 12.1 Å². The highest BCUT2D eigenvalue weighted by Crippen LogP contribution is 2.51. The fourth-order valence-electron chi connectivity index (χ4n) is 9.37. The monoisotopic (exact) mass is 964 g/mol. The van der Waals surface area contributed by atoms with Crippen molar-refractivity contribution in [1.29, 1.82) is 0 Å². The predicted molar refractivity (Wildman–Crippen MR) is 249 cm³/mol. The third-order valence-electron chi connectivity index (χ3n) is 12.1. The Morgan fingerprint density at radius 2 is 1.06 bits per heavy atom. The number of nitrogens with zero attached hydrogens (tertiary/aromatic N) is 4. The molecule has 8 aromatic rings. The fourth-order valence-corrected chi connectivity index (χ4v) is 9.37. The Hall–Kier alpha value is -7.83. The van der Waals surface area contributed by atoms with Crippen LogP contribution >= 0.6 is 0 Å². The van der Waals surface area contributed by atoms with E-state index >= 15 is 17.6 Å². The van der Waals surface area contributed by atoms with Gasteiger partial charge >= 0.3 is 5.97 Å². The number of carbonyl (C=O) groups is 1. The number of non-ortho nitro benzene ring substituents is 2. The zero-order valence-corrected chi connectivity index (χ0v) is 38.3. The van der Waals surface area contributed by atoms with Crippen LogP contribution in [0.15, 0.2) is 109 Å². The van der Waals surface area contributed by atoms with Crippen LogP contribution in [0.1, 0.15) is 55.0 Å². The number of hydrogen-bond acceptors (Lipinski definition) is 8. The van der Waals surface area contributed by atoms with Crippen molar-refractivity contribution in [3.05, 3.63) is 187 Å². The third-order valence-corrected chi connectivity index (χ3v) is 12.1. The van der Waals surface area contributed by atoms with E-state index in [-0.39, 0.29) is 91.2 Å². The normalized spacial score (nSPS) is 12.0. The summed E-state index contributed by atoms with van der Waals surface area (Å²) >= 11 is 0. The molecule has 0 fully saturated rings. The fraction of sp³-hybridized carbons (Fsp3) is 0.212. The summed E-state index contributed by atoms with van der Waals surface area (Å²) in [6.07, 6.45) is 0. The van der Waals surface area contributed by atoms with E-state index in [4.69, 9.17) is 14.2 Å². The molecule has 0 aliphatic rings. The molecule has 0 spiro atoms. The Kier molecular flexibility index (Phi) is 12.9. The van der Waals surface area contributed by atoms with Crippen molar-refractivity contribution in [2.75, 3.05) is 27.4 Å². The number of nitro groups is 2. The van der Waals surface area contributed by atoms with Crippen molar-refractivity contribution in [3.8, 4) is 33.6 Å². The Balaban J connectivity index is 1.60. The lowest BCUT2D eigenvalue weighted by Crippen LogP contribution is -2.28. The Morgan fingerprint density at radius 1 is 0.586 bits per heavy atom. The van der Waals surface area contributed by atoms with Crippen molar-refractivity contribution in [2.24, 2.45) is 0 Å². The molecule has 360 valence electrons. The second-order valence-corrected chi connectivity index (χ2v) is 17.9.